The normalized spacial score (nSPS) is 15.9. The monoisotopic (exact) mass is 332 g/mol. The van der Waals surface area contributed by atoms with Gasteiger partial charge in [-0.3, -0.25) is 0 Å². The van der Waals surface area contributed by atoms with Crippen LogP contribution in [0.5, 0.6) is 0 Å². The van der Waals surface area contributed by atoms with Crippen LogP contribution in [0.2, 0.25) is 0 Å². The molecule has 0 aromatic heterocycles. The van der Waals surface area contributed by atoms with E-state index in [4.69, 9.17) is 18.9 Å². The lowest BCUT2D eigenvalue weighted by molar-refractivity contribution is -0.0684. The van der Waals surface area contributed by atoms with Crippen molar-refractivity contribution < 1.29 is 29.2 Å². The van der Waals surface area contributed by atoms with Crippen molar-refractivity contribution in [1.82, 2.24) is 0 Å². The van der Waals surface area contributed by atoms with E-state index in [2.05, 4.69) is 0 Å². The van der Waals surface area contributed by atoms with E-state index in [0.717, 1.165) is 12.8 Å². The van der Waals surface area contributed by atoms with Crippen LogP contribution >= 0.6 is 0 Å². The average Bonchev–Trinajstić information content (AvgIpc) is 2.54. The molecule has 0 rings (SSSR count). The lowest BCUT2D eigenvalue weighted by atomic mass is 10.3. The van der Waals surface area contributed by atoms with Crippen molar-refractivity contribution in [2.75, 3.05) is 33.0 Å². The number of hydrogen-bond donors (Lipinski definition) is 2. The number of aliphatic hydroxyl groups is 2. The lowest BCUT2D eigenvalue weighted by Crippen LogP contribution is -2.28. The molecule has 0 radical (unpaired) electrons. The molecule has 0 heterocycles. The van der Waals surface area contributed by atoms with Gasteiger partial charge in [0.15, 0.2) is 0 Å². The Hall–Kier alpha value is -1.08. The van der Waals surface area contributed by atoms with Gasteiger partial charge in [-0.25, -0.2) is 0 Å². The molecular weight excluding hydrogens is 300 g/mol. The van der Waals surface area contributed by atoms with Crippen molar-refractivity contribution in [3.8, 4) is 0 Å². The van der Waals surface area contributed by atoms with E-state index < -0.39 is 12.2 Å². The SMILES string of the molecule is CCC=COCC(O)COCC(C)OCC(O)COC=CCC. The molecule has 0 aliphatic carbocycles. The molecule has 6 nitrogen and oxygen atoms in total. The molecule has 0 saturated heterocycles. The standard InChI is InChI=1S/C17H32O6/c1-4-6-8-20-11-16(18)13-22-10-15(3)23-14-17(19)12-21-9-7-5-2/h6-9,15-19H,4-5,10-14H2,1-3H3. The maximum atomic E-state index is 9.66. The van der Waals surface area contributed by atoms with Gasteiger partial charge in [0.1, 0.15) is 25.4 Å². The highest BCUT2D eigenvalue weighted by molar-refractivity contribution is 4.72. The molecule has 3 atom stereocenters. The first-order valence-corrected chi connectivity index (χ1v) is 8.18. The predicted octanol–water partition coefficient (Wildman–Crippen LogP) is 2.01. The van der Waals surface area contributed by atoms with Crippen LogP contribution < -0.4 is 0 Å². The van der Waals surface area contributed by atoms with Gasteiger partial charge in [-0.1, -0.05) is 26.0 Å². The summed E-state index contributed by atoms with van der Waals surface area (Å²) in [6.07, 6.45) is 7.16. The Morgan fingerprint density at radius 1 is 0.783 bits per heavy atom. The fraction of sp³-hybridized carbons (Fsp3) is 0.765. The topological polar surface area (TPSA) is 77.4 Å². The minimum absolute atomic E-state index is 0.177. The van der Waals surface area contributed by atoms with Crippen molar-refractivity contribution in [3.05, 3.63) is 24.7 Å². The summed E-state index contributed by atoms with van der Waals surface area (Å²) in [5.74, 6) is 0. The summed E-state index contributed by atoms with van der Waals surface area (Å²) in [5, 5.41) is 19.3. The zero-order valence-electron chi connectivity index (χ0n) is 14.5. The third-order valence-corrected chi connectivity index (χ3v) is 2.67. The third-order valence-electron chi connectivity index (χ3n) is 2.67. The van der Waals surface area contributed by atoms with E-state index in [1.54, 1.807) is 12.5 Å². The van der Waals surface area contributed by atoms with Gasteiger partial charge in [0.2, 0.25) is 0 Å². The summed E-state index contributed by atoms with van der Waals surface area (Å²) < 4.78 is 21.1. The van der Waals surface area contributed by atoms with Crippen LogP contribution in [-0.2, 0) is 18.9 Å². The van der Waals surface area contributed by atoms with Crippen molar-refractivity contribution >= 4 is 0 Å². The number of hydrogen-bond acceptors (Lipinski definition) is 6. The molecule has 2 N–H and O–H groups in total. The second-order valence-corrected chi connectivity index (χ2v) is 5.22. The molecular formula is C17H32O6. The Kier molecular flexibility index (Phi) is 15.1. The van der Waals surface area contributed by atoms with Gasteiger partial charge in [-0.2, -0.15) is 0 Å². The van der Waals surface area contributed by atoms with Crippen LogP contribution in [0.4, 0.5) is 0 Å². The Morgan fingerprint density at radius 2 is 1.30 bits per heavy atom. The van der Waals surface area contributed by atoms with Crippen LogP contribution in [0.15, 0.2) is 24.7 Å². The Morgan fingerprint density at radius 3 is 1.83 bits per heavy atom. The van der Waals surface area contributed by atoms with Crippen molar-refractivity contribution in [1.29, 1.82) is 0 Å². The molecule has 0 aromatic carbocycles. The summed E-state index contributed by atoms with van der Waals surface area (Å²) in [7, 11) is 0. The highest BCUT2D eigenvalue weighted by atomic mass is 16.5. The fourth-order valence-electron chi connectivity index (χ4n) is 1.45. The molecule has 0 fully saturated rings. The molecule has 136 valence electrons. The minimum atomic E-state index is -0.678. The summed E-state index contributed by atoms with van der Waals surface area (Å²) >= 11 is 0. The van der Waals surface area contributed by atoms with Gasteiger partial charge in [-0.15, -0.1) is 0 Å². The van der Waals surface area contributed by atoms with Gasteiger partial charge < -0.3 is 29.2 Å². The predicted molar refractivity (Wildman–Crippen MR) is 89.0 cm³/mol. The van der Waals surface area contributed by atoms with Gasteiger partial charge in [-0.05, 0) is 19.8 Å². The second-order valence-electron chi connectivity index (χ2n) is 5.22. The van der Waals surface area contributed by atoms with E-state index in [-0.39, 0.29) is 32.5 Å². The van der Waals surface area contributed by atoms with Crippen molar-refractivity contribution in [2.24, 2.45) is 0 Å². The zero-order valence-corrected chi connectivity index (χ0v) is 14.5. The third kappa shape index (κ3) is 15.6. The smallest absolute Gasteiger partial charge is 0.115 e. The Bertz CT molecular complexity index is 305. The van der Waals surface area contributed by atoms with Crippen LogP contribution in [0, 0.1) is 0 Å². The second kappa shape index (κ2) is 15.8. The molecule has 0 bridgehead atoms. The average molecular weight is 332 g/mol. The largest absolute Gasteiger partial charge is 0.499 e. The van der Waals surface area contributed by atoms with Gasteiger partial charge in [0.25, 0.3) is 0 Å². The Labute approximate surface area is 139 Å². The Balaban J connectivity index is 3.56. The maximum Gasteiger partial charge on any atom is 0.115 e. The fourth-order valence-corrected chi connectivity index (χ4v) is 1.45. The van der Waals surface area contributed by atoms with E-state index in [0.29, 0.717) is 6.61 Å². The number of aliphatic hydroxyl groups excluding tert-OH is 2. The zero-order chi connectivity index (χ0) is 17.3. The van der Waals surface area contributed by atoms with Gasteiger partial charge in [0.05, 0.1) is 38.4 Å². The van der Waals surface area contributed by atoms with Crippen LogP contribution in [0.1, 0.15) is 33.6 Å². The minimum Gasteiger partial charge on any atom is -0.499 e. The van der Waals surface area contributed by atoms with Gasteiger partial charge >= 0.3 is 0 Å². The molecule has 23 heavy (non-hydrogen) atoms. The molecule has 0 aliphatic heterocycles. The highest BCUT2D eigenvalue weighted by Crippen LogP contribution is 1.98. The van der Waals surface area contributed by atoms with Crippen LogP contribution in [0.25, 0.3) is 0 Å². The van der Waals surface area contributed by atoms with Gasteiger partial charge in [0, 0.05) is 0 Å². The number of rotatable bonds is 15. The van der Waals surface area contributed by atoms with E-state index in [9.17, 15) is 10.2 Å². The van der Waals surface area contributed by atoms with E-state index in [1.165, 1.54) is 0 Å². The number of allylic oxidation sites excluding steroid dienone is 2. The molecule has 0 aromatic rings. The lowest BCUT2D eigenvalue weighted by Gasteiger charge is -2.17. The molecule has 3 unspecified atom stereocenters. The summed E-state index contributed by atoms with van der Waals surface area (Å²) in [4.78, 5) is 0. The van der Waals surface area contributed by atoms with Crippen molar-refractivity contribution in [2.45, 2.75) is 51.9 Å². The molecule has 6 heteroatoms. The highest BCUT2D eigenvalue weighted by Gasteiger charge is 2.10. The summed E-state index contributed by atoms with van der Waals surface area (Å²) in [6.45, 7) is 6.96. The van der Waals surface area contributed by atoms with Crippen LogP contribution in [-0.4, -0.2) is 61.6 Å². The molecule has 0 amide bonds. The summed E-state index contributed by atoms with van der Waals surface area (Å²) in [6, 6.07) is 0. The molecule has 0 saturated carbocycles. The van der Waals surface area contributed by atoms with E-state index >= 15 is 0 Å². The van der Waals surface area contributed by atoms with Crippen LogP contribution in [0.3, 0.4) is 0 Å². The van der Waals surface area contributed by atoms with Crippen molar-refractivity contribution in [3.63, 3.8) is 0 Å². The first kappa shape index (κ1) is 21.9. The molecule has 0 aliphatic rings. The molecule has 0 spiro atoms. The maximum absolute atomic E-state index is 9.66. The van der Waals surface area contributed by atoms with E-state index in [1.807, 2.05) is 32.9 Å². The first-order chi connectivity index (χ1) is 11.1. The number of ether oxygens (including phenoxy) is 4. The summed E-state index contributed by atoms with van der Waals surface area (Å²) in [5.41, 5.74) is 0. The quantitative estimate of drug-likeness (QED) is 0.447. The first-order valence-electron chi connectivity index (χ1n) is 8.18.